The van der Waals surface area contributed by atoms with Crippen molar-refractivity contribution in [2.75, 3.05) is 6.61 Å². The van der Waals surface area contributed by atoms with Gasteiger partial charge in [-0.05, 0) is 87.0 Å². The van der Waals surface area contributed by atoms with Gasteiger partial charge in [0.1, 0.15) is 5.75 Å². The van der Waals surface area contributed by atoms with E-state index in [0.29, 0.717) is 24.0 Å². The third-order valence-corrected chi connectivity index (χ3v) is 5.69. The van der Waals surface area contributed by atoms with E-state index < -0.39 is 0 Å². The molecule has 0 spiro atoms. The molecular formula is C19H24N2O2. The lowest BCUT2D eigenvalue weighted by atomic mass is 9.55. The molecule has 0 atom stereocenters. The second-order valence-electron chi connectivity index (χ2n) is 7.24. The molecule has 4 bridgehead atoms. The lowest BCUT2D eigenvalue weighted by Gasteiger charge is -2.50. The number of rotatable bonds is 4. The summed E-state index contributed by atoms with van der Waals surface area (Å²) in [6.45, 7) is 2.58. The predicted octanol–water partition coefficient (Wildman–Crippen LogP) is 3.63. The number of carbonyl (C=O) groups is 1. The average Bonchev–Trinajstić information content (AvgIpc) is 2.54. The van der Waals surface area contributed by atoms with Crippen molar-refractivity contribution >= 4 is 11.6 Å². The van der Waals surface area contributed by atoms with Gasteiger partial charge in [-0.15, -0.1) is 0 Å². The van der Waals surface area contributed by atoms with Gasteiger partial charge in [0.2, 0.25) is 0 Å². The highest BCUT2D eigenvalue weighted by Gasteiger charge is 2.46. The summed E-state index contributed by atoms with van der Waals surface area (Å²) in [5.41, 5.74) is 4.67. The topological polar surface area (TPSA) is 50.7 Å². The summed E-state index contributed by atoms with van der Waals surface area (Å²) in [6.07, 6.45) is 6.56. The number of benzene rings is 1. The summed E-state index contributed by atoms with van der Waals surface area (Å²) < 4.78 is 5.40. The van der Waals surface area contributed by atoms with Crippen LogP contribution in [0.15, 0.2) is 29.4 Å². The quantitative estimate of drug-likeness (QED) is 0.863. The molecule has 4 nitrogen and oxygen atoms in total. The maximum Gasteiger partial charge on any atom is 0.271 e. The Bertz CT molecular complexity index is 591. The first-order chi connectivity index (χ1) is 11.2. The third kappa shape index (κ3) is 2.87. The Morgan fingerprint density at radius 1 is 1.09 bits per heavy atom. The van der Waals surface area contributed by atoms with E-state index in [4.69, 9.17) is 4.74 Å². The highest BCUT2D eigenvalue weighted by Crippen LogP contribution is 2.52. The van der Waals surface area contributed by atoms with E-state index in [1.807, 2.05) is 19.1 Å². The molecule has 0 aromatic heterocycles. The fraction of sp³-hybridized carbons (Fsp3) is 0.579. The van der Waals surface area contributed by atoms with Crippen LogP contribution in [0.5, 0.6) is 5.75 Å². The summed E-state index contributed by atoms with van der Waals surface area (Å²) in [5, 5.41) is 4.54. The third-order valence-electron chi connectivity index (χ3n) is 5.69. The smallest absolute Gasteiger partial charge is 0.271 e. The zero-order chi connectivity index (χ0) is 15.8. The van der Waals surface area contributed by atoms with Crippen molar-refractivity contribution < 1.29 is 9.53 Å². The van der Waals surface area contributed by atoms with Crippen LogP contribution in [0.4, 0.5) is 0 Å². The number of ether oxygens (including phenoxy) is 1. The monoisotopic (exact) mass is 312 g/mol. The SMILES string of the molecule is CCOc1ccc(C(=O)NN=C2C3CC4CC(C3)CC2C4)cc1. The van der Waals surface area contributed by atoms with Crippen molar-refractivity contribution in [3.63, 3.8) is 0 Å². The maximum atomic E-state index is 12.3. The van der Waals surface area contributed by atoms with E-state index >= 15 is 0 Å². The summed E-state index contributed by atoms with van der Waals surface area (Å²) in [4.78, 5) is 12.3. The summed E-state index contributed by atoms with van der Waals surface area (Å²) in [6, 6.07) is 7.23. The second kappa shape index (κ2) is 5.99. The Kier molecular flexibility index (Phi) is 3.83. The molecule has 0 saturated heterocycles. The molecule has 4 aliphatic rings. The molecular weight excluding hydrogens is 288 g/mol. The molecule has 4 fully saturated rings. The fourth-order valence-electron chi connectivity index (χ4n) is 4.90. The summed E-state index contributed by atoms with van der Waals surface area (Å²) in [5.74, 6) is 3.72. The lowest BCUT2D eigenvalue weighted by molar-refractivity contribution is 0.0942. The van der Waals surface area contributed by atoms with Gasteiger partial charge in [0.05, 0.1) is 6.61 Å². The normalized spacial score (nSPS) is 31.1. The fourth-order valence-corrected chi connectivity index (χ4v) is 4.90. The zero-order valence-corrected chi connectivity index (χ0v) is 13.6. The van der Waals surface area contributed by atoms with Crippen molar-refractivity contribution in [3.8, 4) is 5.75 Å². The van der Waals surface area contributed by atoms with Crippen LogP contribution < -0.4 is 10.2 Å². The Morgan fingerprint density at radius 2 is 1.70 bits per heavy atom. The molecule has 0 radical (unpaired) electrons. The van der Waals surface area contributed by atoms with Crippen LogP contribution in [-0.2, 0) is 0 Å². The minimum Gasteiger partial charge on any atom is -0.494 e. The predicted molar refractivity (Wildman–Crippen MR) is 89.6 cm³/mol. The van der Waals surface area contributed by atoms with Gasteiger partial charge < -0.3 is 4.74 Å². The molecule has 1 amide bonds. The molecule has 122 valence electrons. The first-order valence-corrected chi connectivity index (χ1v) is 8.83. The molecule has 1 aromatic rings. The van der Waals surface area contributed by atoms with E-state index in [9.17, 15) is 4.79 Å². The molecule has 4 aliphatic carbocycles. The van der Waals surface area contributed by atoms with Crippen molar-refractivity contribution in [1.29, 1.82) is 0 Å². The maximum absolute atomic E-state index is 12.3. The molecule has 23 heavy (non-hydrogen) atoms. The Labute approximate surface area is 137 Å². The molecule has 5 rings (SSSR count). The summed E-state index contributed by atoms with van der Waals surface area (Å²) >= 11 is 0. The first kappa shape index (κ1) is 14.7. The molecule has 0 heterocycles. The van der Waals surface area contributed by atoms with Crippen LogP contribution >= 0.6 is 0 Å². The van der Waals surface area contributed by atoms with Crippen LogP contribution in [0.2, 0.25) is 0 Å². The van der Waals surface area contributed by atoms with E-state index in [-0.39, 0.29) is 5.91 Å². The molecule has 4 saturated carbocycles. The van der Waals surface area contributed by atoms with Crippen molar-refractivity contribution in [1.82, 2.24) is 5.43 Å². The van der Waals surface area contributed by atoms with Crippen LogP contribution in [-0.4, -0.2) is 18.2 Å². The number of hydrazone groups is 1. The lowest BCUT2D eigenvalue weighted by Crippen LogP contribution is -2.46. The number of carbonyl (C=O) groups excluding carboxylic acids is 1. The van der Waals surface area contributed by atoms with Crippen LogP contribution in [0, 0.1) is 23.7 Å². The van der Waals surface area contributed by atoms with E-state index in [1.165, 1.54) is 37.8 Å². The average molecular weight is 312 g/mol. The number of nitrogens with zero attached hydrogens (tertiary/aromatic N) is 1. The highest BCUT2D eigenvalue weighted by molar-refractivity contribution is 5.96. The van der Waals surface area contributed by atoms with E-state index in [1.54, 1.807) is 12.1 Å². The van der Waals surface area contributed by atoms with Gasteiger partial charge in [-0.2, -0.15) is 5.10 Å². The van der Waals surface area contributed by atoms with Crippen molar-refractivity contribution in [2.24, 2.45) is 28.8 Å². The molecule has 0 aliphatic heterocycles. The Hall–Kier alpha value is -1.84. The molecule has 1 N–H and O–H groups in total. The van der Waals surface area contributed by atoms with Crippen LogP contribution in [0.25, 0.3) is 0 Å². The van der Waals surface area contributed by atoms with Gasteiger partial charge in [0.15, 0.2) is 0 Å². The minimum atomic E-state index is -0.130. The van der Waals surface area contributed by atoms with Gasteiger partial charge in [0, 0.05) is 11.3 Å². The highest BCUT2D eigenvalue weighted by atomic mass is 16.5. The van der Waals surface area contributed by atoms with Crippen molar-refractivity contribution in [3.05, 3.63) is 29.8 Å². The standard InChI is InChI=1S/C19H24N2O2/c1-2-23-17-5-3-14(4-6-17)19(22)21-20-18-15-8-12-7-13(10-15)11-16(18)9-12/h3-6,12-13,15-16H,2,7-11H2,1H3,(H,21,22). The van der Waals surface area contributed by atoms with Crippen LogP contribution in [0.1, 0.15) is 49.4 Å². The van der Waals surface area contributed by atoms with Gasteiger partial charge in [-0.25, -0.2) is 5.43 Å². The summed E-state index contributed by atoms with van der Waals surface area (Å²) in [7, 11) is 0. The first-order valence-electron chi connectivity index (χ1n) is 8.83. The number of hydrogen-bond acceptors (Lipinski definition) is 3. The Balaban J connectivity index is 1.43. The van der Waals surface area contributed by atoms with E-state index in [2.05, 4.69) is 10.5 Å². The largest absolute Gasteiger partial charge is 0.494 e. The second-order valence-corrected chi connectivity index (χ2v) is 7.24. The van der Waals surface area contributed by atoms with Gasteiger partial charge in [-0.3, -0.25) is 4.79 Å². The van der Waals surface area contributed by atoms with E-state index in [0.717, 1.165) is 17.6 Å². The van der Waals surface area contributed by atoms with Crippen LogP contribution in [0.3, 0.4) is 0 Å². The minimum absolute atomic E-state index is 0.130. The number of hydrogen-bond donors (Lipinski definition) is 1. The Morgan fingerprint density at radius 3 is 2.26 bits per heavy atom. The van der Waals surface area contributed by atoms with Gasteiger partial charge >= 0.3 is 0 Å². The number of amides is 1. The number of nitrogens with one attached hydrogen (secondary N) is 1. The molecule has 0 unspecified atom stereocenters. The van der Waals surface area contributed by atoms with Crippen molar-refractivity contribution in [2.45, 2.75) is 39.0 Å². The van der Waals surface area contributed by atoms with Gasteiger partial charge in [-0.1, -0.05) is 0 Å². The zero-order valence-electron chi connectivity index (χ0n) is 13.6. The molecule has 1 aromatic carbocycles. The van der Waals surface area contributed by atoms with Gasteiger partial charge in [0.25, 0.3) is 5.91 Å². The molecule has 4 heteroatoms.